The first-order valence-electron chi connectivity index (χ1n) is 7.82. The van der Waals surface area contributed by atoms with Crippen LogP contribution in [0.25, 0.3) is 0 Å². The summed E-state index contributed by atoms with van der Waals surface area (Å²) in [5.74, 6) is -0.424. The minimum atomic E-state index is -0.751. The van der Waals surface area contributed by atoms with Crippen LogP contribution >= 0.6 is 0 Å². The highest BCUT2D eigenvalue weighted by Gasteiger charge is 2.26. The zero-order valence-corrected chi connectivity index (χ0v) is 13.3. The van der Waals surface area contributed by atoms with Crippen LogP contribution in [0, 0.1) is 5.41 Å². The summed E-state index contributed by atoms with van der Waals surface area (Å²) in [6.45, 7) is 3.66. The Morgan fingerprint density at radius 1 is 1.27 bits per heavy atom. The molecule has 1 aromatic carbocycles. The topological polar surface area (TPSA) is 84.2 Å². The van der Waals surface area contributed by atoms with Crippen LogP contribution < -0.4 is 16.4 Å². The van der Waals surface area contributed by atoms with Crippen molar-refractivity contribution in [2.75, 3.05) is 6.54 Å². The Balaban J connectivity index is 1.98. The van der Waals surface area contributed by atoms with Gasteiger partial charge < -0.3 is 16.4 Å². The fourth-order valence-electron chi connectivity index (χ4n) is 2.67. The van der Waals surface area contributed by atoms with Gasteiger partial charge in [0.2, 0.25) is 5.91 Å². The van der Waals surface area contributed by atoms with Crippen molar-refractivity contribution in [1.82, 2.24) is 10.6 Å². The van der Waals surface area contributed by atoms with Crippen molar-refractivity contribution < 1.29 is 9.59 Å². The van der Waals surface area contributed by atoms with Crippen molar-refractivity contribution in [3.05, 3.63) is 35.4 Å². The second kappa shape index (κ2) is 6.81. The van der Waals surface area contributed by atoms with E-state index >= 15 is 0 Å². The molecule has 2 rings (SSSR count). The number of urea groups is 1. The van der Waals surface area contributed by atoms with Gasteiger partial charge in [0.05, 0.1) is 11.5 Å². The van der Waals surface area contributed by atoms with E-state index in [9.17, 15) is 9.59 Å². The van der Waals surface area contributed by atoms with E-state index in [4.69, 9.17) is 5.73 Å². The van der Waals surface area contributed by atoms with Crippen LogP contribution in [-0.2, 0) is 11.2 Å². The van der Waals surface area contributed by atoms with Gasteiger partial charge in [0, 0.05) is 6.54 Å². The van der Waals surface area contributed by atoms with Gasteiger partial charge in [-0.1, -0.05) is 30.7 Å². The molecule has 0 heterocycles. The Bertz CT molecular complexity index is 555. The van der Waals surface area contributed by atoms with Gasteiger partial charge in [-0.25, -0.2) is 4.79 Å². The molecule has 1 aliphatic carbocycles. The number of primary amides is 1. The molecule has 0 saturated carbocycles. The fraction of sp³-hybridized carbons (Fsp3) is 0.529. The van der Waals surface area contributed by atoms with Crippen molar-refractivity contribution in [3.8, 4) is 0 Å². The Labute approximate surface area is 131 Å². The van der Waals surface area contributed by atoms with Crippen LogP contribution in [0.15, 0.2) is 24.3 Å². The van der Waals surface area contributed by atoms with Crippen LogP contribution in [-0.4, -0.2) is 18.5 Å². The Morgan fingerprint density at radius 2 is 2.00 bits per heavy atom. The summed E-state index contributed by atoms with van der Waals surface area (Å²) in [5, 5.41) is 5.78. The van der Waals surface area contributed by atoms with E-state index in [0.717, 1.165) is 25.7 Å². The summed E-state index contributed by atoms with van der Waals surface area (Å²) < 4.78 is 0. The van der Waals surface area contributed by atoms with E-state index in [2.05, 4.69) is 22.8 Å². The molecule has 0 aliphatic heterocycles. The zero-order chi connectivity index (χ0) is 16.2. The van der Waals surface area contributed by atoms with Gasteiger partial charge in [0.15, 0.2) is 0 Å². The first kappa shape index (κ1) is 16.3. The summed E-state index contributed by atoms with van der Waals surface area (Å²) in [6, 6.07) is 8.03. The molecule has 22 heavy (non-hydrogen) atoms. The number of rotatable bonds is 4. The first-order valence-corrected chi connectivity index (χ1v) is 7.82. The molecule has 5 nitrogen and oxygen atoms in total. The molecular formula is C17H25N3O2. The third-order valence-corrected chi connectivity index (χ3v) is 4.28. The lowest BCUT2D eigenvalue weighted by Gasteiger charge is -2.23. The molecule has 1 aliphatic rings. The first-order chi connectivity index (χ1) is 10.4. The standard InChI is InChI=1S/C17H25N3O2/c1-17(2,15(18)21)11-19-16(22)20-14-10-6-4-8-12-7-3-5-9-13(12)14/h3,5,7,9,14H,4,6,8,10-11H2,1-2H3,(H2,18,21)(H2,19,20,22)/t14-/m0/s1. The Morgan fingerprint density at radius 3 is 2.73 bits per heavy atom. The van der Waals surface area contributed by atoms with E-state index < -0.39 is 11.3 Å². The Kier molecular flexibility index (Phi) is 5.06. The second-order valence-electron chi connectivity index (χ2n) is 6.57. The normalized spacial score (nSPS) is 18.0. The molecule has 3 amide bonds. The minimum Gasteiger partial charge on any atom is -0.369 e. The highest BCUT2D eigenvalue weighted by molar-refractivity contribution is 5.81. The predicted octanol–water partition coefficient (Wildman–Crippen LogP) is 2.26. The monoisotopic (exact) mass is 303 g/mol. The third kappa shape index (κ3) is 4.00. The maximum absolute atomic E-state index is 12.1. The van der Waals surface area contributed by atoms with Crippen LogP contribution in [0.1, 0.15) is 50.3 Å². The molecule has 120 valence electrons. The molecular weight excluding hydrogens is 278 g/mol. The number of nitrogens with one attached hydrogen (secondary N) is 2. The highest BCUT2D eigenvalue weighted by Crippen LogP contribution is 2.28. The minimum absolute atomic E-state index is 0.0235. The van der Waals surface area contributed by atoms with Gasteiger partial charge >= 0.3 is 6.03 Å². The fourth-order valence-corrected chi connectivity index (χ4v) is 2.67. The lowest BCUT2D eigenvalue weighted by Crippen LogP contribution is -2.46. The van der Waals surface area contributed by atoms with Gasteiger partial charge in [-0.2, -0.15) is 0 Å². The van der Waals surface area contributed by atoms with Gasteiger partial charge in [-0.3, -0.25) is 4.79 Å². The van der Waals surface area contributed by atoms with Crippen LogP contribution in [0.4, 0.5) is 4.79 Å². The van der Waals surface area contributed by atoms with Crippen molar-refractivity contribution in [2.45, 2.75) is 45.6 Å². The molecule has 4 N–H and O–H groups in total. The summed E-state index contributed by atoms with van der Waals surface area (Å²) >= 11 is 0. The van der Waals surface area contributed by atoms with Crippen molar-refractivity contribution in [1.29, 1.82) is 0 Å². The van der Waals surface area contributed by atoms with E-state index in [1.54, 1.807) is 13.8 Å². The van der Waals surface area contributed by atoms with Crippen molar-refractivity contribution in [3.63, 3.8) is 0 Å². The number of fused-ring (bicyclic) bond motifs is 1. The summed E-state index contributed by atoms with van der Waals surface area (Å²) in [4.78, 5) is 23.4. The lowest BCUT2D eigenvalue weighted by atomic mass is 9.93. The van der Waals surface area contributed by atoms with Gasteiger partial charge in [0.25, 0.3) is 0 Å². The van der Waals surface area contributed by atoms with Crippen LogP contribution in [0.3, 0.4) is 0 Å². The third-order valence-electron chi connectivity index (χ3n) is 4.28. The molecule has 0 fully saturated rings. The predicted molar refractivity (Wildman–Crippen MR) is 86.2 cm³/mol. The number of carbonyl (C=O) groups is 2. The number of nitrogens with two attached hydrogens (primary N) is 1. The quantitative estimate of drug-likeness (QED) is 0.745. The number of benzene rings is 1. The Hall–Kier alpha value is -2.04. The van der Waals surface area contributed by atoms with E-state index in [1.165, 1.54) is 11.1 Å². The smallest absolute Gasteiger partial charge is 0.315 e. The largest absolute Gasteiger partial charge is 0.369 e. The van der Waals surface area contributed by atoms with Gasteiger partial charge in [-0.15, -0.1) is 0 Å². The number of amides is 3. The zero-order valence-electron chi connectivity index (χ0n) is 13.3. The lowest BCUT2D eigenvalue weighted by molar-refractivity contribution is -0.125. The van der Waals surface area contributed by atoms with E-state index in [0.29, 0.717) is 0 Å². The molecule has 0 bridgehead atoms. The number of carbonyl (C=O) groups excluding carboxylic acids is 2. The molecule has 1 aromatic rings. The van der Waals surface area contributed by atoms with Gasteiger partial charge in [0.1, 0.15) is 0 Å². The maximum Gasteiger partial charge on any atom is 0.315 e. The number of hydrogen-bond acceptors (Lipinski definition) is 2. The molecule has 1 atom stereocenters. The molecule has 0 saturated heterocycles. The number of aryl methyl sites for hydroxylation is 1. The highest BCUT2D eigenvalue weighted by atomic mass is 16.2. The van der Waals surface area contributed by atoms with Crippen molar-refractivity contribution >= 4 is 11.9 Å². The average molecular weight is 303 g/mol. The SMILES string of the molecule is CC(C)(CNC(=O)N[C@H]1CCCCc2ccccc21)C(N)=O. The van der Waals surface area contributed by atoms with Gasteiger partial charge in [-0.05, 0) is 44.2 Å². The molecule has 5 heteroatoms. The van der Waals surface area contributed by atoms with Crippen LogP contribution in [0.2, 0.25) is 0 Å². The molecule has 0 radical (unpaired) electrons. The second-order valence-corrected chi connectivity index (χ2v) is 6.57. The maximum atomic E-state index is 12.1. The molecule has 0 spiro atoms. The summed E-state index contributed by atoms with van der Waals surface area (Å²) in [6.07, 6.45) is 4.23. The van der Waals surface area contributed by atoms with Crippen molar-refractivity contribution in [2.24, 2.45) is 11.1 Å². The molecule has 0 aromatic heterocycles. The van der Waals surface area contributed by atoms with Crippen LogP contribution in [0.5, 0.6) is 0 Å². The summed E-state index contributed by atoms with van der Waals surface area (Å²) in [7, 11) is 0. The summed E-state index contributed by atoms with van der Waals surface area (Å²) in [5.41, 5.74) is 7.07. The average Bonchev–Trinajstić information content (AvgIpc) is 2.68. The van der Waals surface area contributed by atoms with E-state index in [-0.39, 0.29) is 18.6 Å². The molecule has 0 unspecified atom stereocenters. The number of hydrogen-bond donors (Lipinski definition) is 3. The van der Waals surface area contributed by atoms with E-state index in [1.807, 2.05) is 12.1 Å².